The molecule has 1 aromatic carbocycles. The molecule has 1 aromatic rings. The van der Waals surface area contributed by atoms with E-state index in [9.17, 15) is 14.7 Å². The van der Waals surface area contributed by atoms with Gasteiger partial charge in [-0.15, -0.1) is 0 Å². The lowest BCUT2D eigenvalue weighted by Gasteiger charge is -2.29. The minimum absolute atomic E-state index is 0.117. The summed E-state index contributed by atoms with van der Waals surface area (Å²) in [4.78, 5) is 26.7. The third kappa shape index (κ3) is 2.19. The summed E-state index contributed by atoms with van der Waals surface area (Å²) in [7, 11) is 0. The molecule has 106 valence electrons. The number of hydrogen-bond donors (Lipinski definition) is 1. The van der Waals surface area contributed by atoms with Gasteiger partial charge < -0.3 is 5.11 Å². The van der Waals surface area contributed by atoms with Gasteiger partial charge in [0.15, 0.2) is 0 Å². The lowest BCUT2D eigenvalue weighted by Crippen LogP contribution is -2.34. The number of carbonyl (C=O) groups excluding carboxylic acids is 2. The standard InChI is InChI=1S/C14H13Br2NO3/c15-11-5-9-10(6-12(11)16)14(20)17(13(9)19)7-1-3-8(18)4-2-7/h1-4,9-12,18H,5-6H2/t9-,10-,11+,12+/m0/s1. The Bertz CT molecular complexity index is 532. The first kappa shape index (κ1) is 14.1. The largest absolute Gasteiger partial charge is 0.508 e. The highest BCUT2D eigenvalue weighted by Gasteiger charge is 2.52. The van der Waals surface area contributed by atoms with Crippen LogP contribution in [0.5, 0.6) is 5.75 Å². The Hall–Kier alpha value is -0.880. The van der Waals surface area contributed by atoms with E-state index in [-0.39, 0.29) is 39.1 Å². The second-order valence-corrected chi connectivity index (χ2v) is 7.60. The van der Waals surface area contributed by atoms with Crippen molar-refractivity contribution in [1.82, 2.24) is 0 Å². The number of anilines is 1. The van der Waals surface area contributed by atoms with E-state index in [1.807, 2.05) is 0 Å². The minimum atomic E-state index is -0.241. The molecule has 0 radical (unpaired) electrons. The molecule has 2 amide bonds. The molecule has 6 heteroatoms. The molecule has 1 saturated carbocycles. The highest BCUT2D eigenvalue weighted by molar-refractivity contribution is 9.12. The molecule has 0 spiro atoms. The van der Waals surface area contributed by atoms with Gasteiger partial charge in [-0.05, 0) is 37.1 Å². The molecule has 1 aliphatic carbocycles. The summed E-state index contributed by atoms with van der Waals surface area (Å²) in [5.74, 6) is -0.626. The fourth-order valence-corrected chi connectivity index (χ4v) is 4.19. The van der Waals surface area contributed by atoms with E-state index in [4.69, 9.17) is 0 Å². The maximum Gasteiger partial charge on any atom is 0.237 e. The lowest BCUT2D eigenvalue weighted by molar-refractivity contribution is -0.122. The molecule has 3 rings (SSSR count). The van der Waals surface area contributed by atoms with Crippen molar-refractivity contribution in [2.24, 2.45) is 11.8 Å². The number of rotatable bonds is 1. The van der Waals surface area contributed by atoms with Crippen LogP contribution in [-0.4, -0.2) is 26.6 Å². The molecule has 4 nitrogen and oxygen atoms in total. The van der Waals surface area contributed by atoms with Crippen LogP contribution >= 0.6 is 31.9 Å². The number of benzene rings is 1. The van der Waals surface area contributed by atoms with Crippen LogP contribution in [0.1, 0.15) is 12.8 Å². The molecular weight excluding hydrogens is 390 g/mol. The number of hydrogen-bond acceptors (Lipinski definition) is 3. The van der Waals surface area contributed by atoms with Crippen LogP contribution in [0.2, 0.25) is 0 Å². The normalized spacial score (nSPS) is 33.4. The average Bonchev–Trinajstić information content (AvgIpc) is 2.65. The van der Waals surface area contributed by atoms with Gasteiger partial charge in [0, 0.05) is 9.65 Å². The van der Waals surface area contributed by atoms with Gasteiger partial charge >= 0.3 is 0 Å². The second-order valence-electron chi connectivity index (χ2n) is 5.24. The zero-order valence-electron chi connectivity index (χ0n) is 10.5. The Kier molecular flexibility index (Phi) is 3.62. The number of phenolic OH excluding ortho intramolecular Hbond substituents is 1. The van der Waals surface area contributed by atoms with E-state index in [1.165, 1.54) is 17.0 Å². The quantitative estimate of drug-likeness (QED) is 0.580. The van der Waals surface area contributed by atoms with Crippen molar-refractivity contribution < 1.29 is 14.7 Å². The Morgan fingerprint density at radius 1 is 0.950 bits per heavy atom. The van der Waals surface area contributed by atoms with Gasteiger partial charge in [0.1, 0.15) is 5.75 Å². The first-order valence-corrected chi connectivity index (χ1v) is 8.27. The average molecular weight is 403 g/mol. The molecule has 1 N–H and O–H groups in total. The zero-order chi connectivity index (χ0) is 14.4. The second kappa shape index (κ2) is 5.15. The molecule has 0 aromatic heterocycles. The minimum Gasteiger partial charge on any atom is -0.508 e. The number of carbonyl (C=O) groups is 2. The zero-order valence-corrected chi connectivity index (χ0v) is 13.7. The van der Waals surface area contributed by atoms with Gasteiger partial charge in [-0.1, -0.05) is 31.9 Å². The highest BCUT2D eigenvalue weighted by Crippen LogP contribution is 2.44. The first-order chi connectivity index (χ1) is 9.49. The Labute approximate surface area is 133 Å². The van der Waals surface area contributed by atoms with Gasteiger partial charge in [0.25, 0.3) is 0 Å². The summed E-state index contributed by atoms with van der Waals surface area (Å²) in [5.41, 5.74) is 0.532. The van der Waals surface area contributed by atoms with Crippen molar-refractivity contribution in [2.75, 3.05) is 4.90 Å². The predicted molar refractivity (Wildman–Crippen MR) is 82.2 cm³/mol. The summed E-state index contributed by atoms with van der Waals surface area (Å²) in [6.45, 7) is 0. The van der Waals surface area contributed by atoms with Crippen LogP contribution in [0.4, 0.5) is 5.69 Å². The van der Waals surface area contributed by atoms with Crippen LogP contribution < -0.4 is 4.90 Å². The van der Waals surface area contributed by atoms with Crippen LogP contribution in [0, 0.1) is 11.8 Å². The molecule has 0 unspecified atom stereocenters. The fraction of sp³-hybridized carbons (Fsp3) is 0.429. The summed E-state index contributed by atoms with van der Waals surface area (Å²) in [5, 5.41) is 9.31. The SMILES string of the molecule is O=C1[C@H]2C[C@@H](Br)[C@H](Br)C[C@@H]2C(=O)N1c1ccc(O)cc1. The van der Waals surface area contributed by atoms with Crippen molar-refractivity contribution in [3.8, 4) is 5.75 Å². The molecule has 4 atom stereocenters. The number of halogens is 2. The Morgan fingerprint density at radius 3 is 1.85 bits per heavy atom. The number of phenols is 1. The molecular formula is C14H13Br2NO3. The predicted octanol–water partition coefficient (Wildman–Crippen LogP) is 2.82. The van der Waals surface area contributed by atoms with Crippen molar-refractivity contribution in [1.29, 1.82) is 0 Å². The molecule has 1 aliphatic heterocycles. The van der Waals surface area contributed by atoms with Crippen LogP contribution in [0.25, 0.3) is 0 Å². The third-order valence-electron chi connectivity index (χ3n) is 4.02. The summed E-state index contributed by atoms with van der Waals surface area (Å²) in [6, 6.07) is 6.16. The van der Waals surface area contributed by atoms with E-state index >= 15 is 0 Å². The topological polar surface area (TPSA) is 57.6 Å². The van der Waals surface area contributed by atoms with E-state index in [0.717, 1.165) is 0 Å². The number of fused-ring (bicyclic) bond motifs is 1. The number of imide groups is 1. The van der Waals surface area contributed by atoms with Crippen molar-refractivity contribution in [3.63, 3.8) is 0 Å². The molecule has 2 fully saturated rings. The van der Waals surface area contributed by atoms with E-state index < -0.39 is 0 Å². The maximum atomic E-state index is 12.5. The monoisotopic (exact) mass is 401 g/mol. The van der Waals surface area contributed by atoms with Crippen molar-refractivity contribution in [3.05, 3.63) is 24.3 Å². The molecule has 1 heterocycles. The van der Waals surface area contributed by atoms with Gasteiger partial charge in [0.2, 0.25) is 11.8 Å². The van der Waals surface area contributed by atoms with Crippen molar-refractivity contribution >= 4 is 49.4 Å². The number of nitrogens with zero attached hydrogens (tertiary/aromatic N) is 1. The van der Waals surface area contributed by atoms with Crippen molar-refractivity contribution in [2.45, 2.75) is 22.5 Å². The van der Waals surface area contributed by atoms with E-state index in [0.29, 0.717) is 18.5 Å². The van der Waals surface area contributed by atoms with Crippen LogP contribution in [0.3, 0.4) is 0 Å². The van der Waals surface area contributed by atoms with Gasteiger partial charge in [0.05, 0.1) is 17.5 Å². The lowest BCUT2D eigenvalue weighted by atomic mass is 9.81. The molecule has 2 aliphatic rings. The summed E-state index contributed by atoms with van der Waals surface area (Å²) in [6.07, 6.45) is 1.33. The first-order valence-electron chi connectivity index (χ1n) is 6.44. The Morgan fingerprint density at radius 2 is 1.40 bits per heavy atom. The number of alkyl halides is 2. The molecule has 1 saturated heterocycles. The van der Waals surface area contributed by atoms with Gasteiger partial charge in [-0.2, -0.15) is 0 Å². The van der Waals surface area contributed by atoms with E-state index in [2.05, 4.69) is 31.9 Å². The van der Waals surface area contributed by atoms with Gasteiger partial charge in [-0.3, -0.25) is 14.5 Å². The Balaban J connectivity index is 1.93. The number of amides is 2. The molecule has 20 heavy (non-hydrogen) atoms. The van der Waals surface area contributed by atoms with E-state index in [1.54, 1.807) is 12.1 Å². The van der Waals surface area contributed by atoms with Crippen LogP contribution in [-0.2, 0) is 9.59 Å². The maximum absolute atomic E-state index is 12.5. The van der Waals surface area contributed by atoms with Crippen LogP contribution in [0.15, 0.2) is 24.3 Å². The summed E-state index contributed by atoms with van der Waals surface area (Å²) < 4.78 is 0. The fourth-order valence-electron chi connectivity index (χ4n) is 2.95. The number of aromatic hydroxyl groups is 1. The summed E-state index contributed by atoms with van der Waals surface area (Å²) >= 11 is 7.12. The third-order valence-corrected chi connectivity index (χ3v) is 6.75. The highest BCUT2D eigenvalue weighted by atomic mass is 79.9. The van der Waals surface area contributed by atoms with Gasteiger partial charge in [-0.25, -0.2) is 0 Å². The molecule has 0 bridgehead atoms. The smallest absolute Gasteiger partial charge is 0.237 e.